The zero-order valence-electron chi connectivity index (χ0n) is 19.3. The molecule has 4 aromatic heterocycles. The Balaban J connectivity index is 0.000000227. The number of aryl methyl sites for hydroxylation is 4. The zero-order valence-corrected chi connectivity index (χ0v) is 24.1. The number of anilines is 1. The van der Waals surface area contributed by atoms with Crippen LogP contribution < -0.4 is 5.73 Å². The standard InChI is InChI=1S/C6H8N2S.C5H6N2OS.C4H5BrN2S.C4H7N3S/c1-3-5-7-8-6(4-2)9-5;1-2-4-6-7-5(3-8)9-4;2*1-2-3-6-7-4(5)8-3/h3H,1,4H2,2H3;3H,2H2,1H3;2H2,1H3;2H2,1H3,(H2,5,7). The molecule has 0 saturated heterocycles. The number of rotatable bonds is 6. The minimum atomic E-state index is 0.465. The average molecular weight is 605 g/mol. The number of aromatic nitrogens is 8. The van der Waals surface area contributed by atoms with Crippen LogP contribution in [0.1, 0.15) is 62.5 Å². The van der Waals surface area contributed by atoms with Gasteiger partial charge in [0.2, 0.25) is 5.13 Å². The summed E-state index contributed by atoms with van der Waals surface area (Å²) >= 11 is 9.18. The van der Waals surface area contributed by atoms with Crippen molar-refractivity contribution in [2.75, 3.05) is 5.73 Å². The molecule has 0 unspecified atom stereocenters. The first-order valence-corrected chi connectivity index (χ1v) is 14.2. The number of halogens is 1. The van der Waals surface area contributed by atoms with Gasteiger partial charge in [-0.1, -0.05) is 79.6 Å². The van der Waals surface area contributed by atoms with E-state index in [1.807, 2.05) is 13.8 Å². The number of nitrogen functional groups attached to an aromatic ring is 1. The lowest BCUT2D eigenvalue weighted by Crippen LogP contribution is -1.80. The van der Waals surface area contributed by atoms with Crippen LogP contribution in [-0.2, 0) is 25.7 Å². The number of carbonyl (C=O) groups excluding carboxylic acids is 1. The van der Waals surface area contributed by atoms with Crippen molar-refractivity contribution >= 4 is 78.8 Å². The van der Waals surface area contributed by atoms with E-state index >= 15 is 0 Å². The second-order valence-corrected chi connectivity index (χ2v) is 11.4. The van der Waals surface area contributed by atoms with E-state index in [2.05, 4.69) is 77.1 Å². The number of nitrogens with zero attached hydrogens (tertiary/aromatic N) is 8. The lowest BCUT2D eigenvalue weighted by molar-refractivity contribution is 0.112. The molecule has 0 bridgehead atoms. The SMILES string of the molecule is C=Cc1nnc(CC)s1.CCc1nnc(Br)s1.CCc1nnc(C=O)s1.CCc1nnc(N)s1. The molecule has 0 aromatic carbocycles. The molecule has 4 heterocycles. The summed E-state index contributed by atoms with van der Waals surface area (Å²) in [5.74, 6) is 0. The molecule has 34 heavy (non-hydrogen) atoms. The first-order chi connectivity index (χ1) is 16.4. The molecule has 0 amide bonds. The van der Waals surface area contributed by atoms with E-state index in [-0.39, 0.29) is 0 Å². The molecule has 0 aliphatic carbocycles. The van der Waals surface area contributed by atoms with Crippen LogP contribution in [0, 0.1) is 0 Å². The van der Waals surface area contributed by atoms with Gasteiger partial charge in [0.15, 0.2) is 15.2 Å². The number of aldehydes is 1. The summed E-state index contributed by atoms with van der Waals surface area (Å²) in [6.07, 6.45) is 6.16. The molecule has 0 atom stereocenters. The summed E-state index contributed by atoms with van der Waals surface area (Å²) in [5.41, 5.74) is 5.30. The maximum Gasteiger partial charge on any atom is 0.203 e. The van der Waals surface area contributed by atoms with Crippen LogP contribution in [0.5, 0.6) is 0 Å². The minimum Gasteiger partial charge on any atom is -0.374 e. The molecule has 0 spiro atoms. The largest absolute Gasteiger partial charge is 0.374 e. The summed E-state index contributed by atoms with van der Waals surface area (Å²) < 4.78 is 0.870. The van der Waals surface area contributed by atoms with Crippen molar-refractivity contribution in [3.63, 3.8) is 0 Å². The van der Waals surface area contributed by atoms with Gasteiger partial charge in [0.25, 0.3) is 0 Å². The summed E-state index contributed by atoms with van der Waals surface area (Å²) in [6.45, 7) is 11.7. The lowest BCUT2D eigenvalue weighted by atomic mass is 10.5. The third kappa shape index (κ3) is 11.9. The van der Waals surface area contributed by atoms with E-state index in [9.17, 15) is 4.79 Å². The van der Waals surface area contributed by atoms with Crippen LogP contribution in [0.3, 0.4) is 0 Å². The fraction of sp³-hybridized carbons (Fsp3) is 0.421. The predicted molar refractivity (Wildman–Crippen MR) is 145 cm³/mol. The number of hydrogen-bond acceptors (Lipinski definition) is 14. The van der Waals surface area contributed by atoms with Crippen LogP contribution >= 0.6 is 61.3 Å². The van der Waals surface area contributed by atoms with E-state index in [1.165, 1.54) is 22.7 Å². The molecule has 10 nitrogen and oxygen atoms in total. The molecular formula is C19H26BrN9OS4. The van der Waals surface area contributed by atoms with Gasteiger partial charge < -0.3 is 5.73 Å². The molecule has 2 N–H and O–H groups in total. The Kier molecular flexibility index (Phi) is 15.3. The monoisotopic (exact) mass is 603 g/mol. The van der Waals surface area contributed by atoms with Crippen molar-refractivity contribution in [1.29, 1.82) is 0 Å². The molecule has 4 rings (SSSR count). The molecule has 0 aliphatic heterocycles. The molecule has 0 saturated carbocycles. The third-order valence-corrected chi connectivity index (χ3v) is 7.83. The van der Waals surface area contributed by atoms with Gasteiger partial charge in [-0.2, -0.15) is 0 Å². The first kappa shape index (κ1) is 30.0. The van der Waals surface area contributed by atoms with Gasteiger partial charge in [0.05, 0.1) is 0 Å². The maximum absolute atomic E-state index is 10.0. The van der Waals surface area contributed by atoms with E-state index in [4.69, 9.17) is 5.73 Å². The molecular weight excluding hydrogens is 578 g/mol. The summed E-state index contributed by atoms with van der Waals surface area (Å²) in [5, 5.41) is 36.1. The quantitative estimate of drug-likeness (QED) is 0.291. The Morgan fingerprint density at radius 3 is 1.41 bits per heavy atom. The summed E-state index contributed by atoms with van der Waals surface area (Å²) in [7, 11) is 0. The Bertz CT molecular complexity index is 1020. The van der Waals surface area contributed by atoms with Gasteiger partial charge in [-0.3, -0.25) is 4.79 Å². The molecule has 184 valence electrons. The van der Waals surface area contributed by atoms with Crippen LogP contribution in [0.2, 0.25) is 0 Å². The van der Waals surface area contributed by atoms with Crippen molar-refractivity contribution in [2.45, 2.75) is 53.4 Å². The van der Waals surface area contributed by atoms with Crippen LogP contribution in [0.25, 0.3) is 6.08 Å². The highest BCUT2D eigenvalue weighted by Gasteiger charge is 1.98. The van der Waals surface area contributed by atoms with E-state index in [1.54, 1.807) is 28.7 Å². The van der Waals surface area contributed by atoms with Crippen LogP contribution in [0.15, 0.2) is 10.5 Å². The second-order valence-electron chi connectivity index (χ2n) is 5.79. The van der Waals surface area contributed by atoms with Crippen molar-refractivity contribution in [3.05, 3.63) is 40.5 Å². The van der Waals surface area contributed by atoms with Gasteiger partial charge in [0, 0.05) is 0 Å². The number of hydrogen-bond donors (Lipinski definition) is 1. The fourth-order valence-corrected chi connectivity index (χ4v) is 4.66. The fourth-order valence-electron chi connectivity index (χ4n) is 1.73. The highest BCUT2D eigenvalue weighted by Crippen LogP contribution is 2.15. The lowest BCUT2D eigenvalue weighted by Gasteiger charge is -1.76. The van der Waals surface area contributed by atoms with Gasteiger partial charge >= 0.3 is 0 Å². The average Bonchev–Trinajstić information content (AvgIpc) is 3.67. The Morgan fingerprint density at radius 2 is 1.15 bits per heavy atom. The topological polar surface area (TPSA) is 146 Å². The van der Waals surface area contributed by atoms with Crippen molar-refractivity contribution in [3.8, 4) is 0 Å². The maximum atomic E-state index is 10.0. The Labute approximate surface area is 223 Å². The zero-order chi connectivity index (χ0) is 25.3. The van der Waals surface area contributed by atoms with Crippen molar-refractivity contribution in [2.24, 2.45) is 0 Å². The molecule has 0 radical (unpaired) electrons. The van der Waals surface area contributed by atoms with Crippen LogP contribution in [-0.4, -0.2) is 47.1 Å². The second kappa shape index (κ2) is 17.4. The highest BCUT2D eigenvalue weighted by molar-refractivity contribution is 9.11. The first-order valence-electron chi connectivity index (χ1n) is 10.2. The number of carbonyl (C=O) groups is 1. The third-order valence-electron chi connectivity index (χ3n) is 3.37. The van der Waals surface area contributed by atoms with E-state index in [0.717, 1.165) is 60.9 Å². The van der Waals surface area contributed by atoms with Gasteiger partial charge in [-0.25, -0.2) is 0 Å². The molecule has 0 fully saturated rings. The summed E-state index contributed by atoms with van der Waals surface area (Å²) in [6, 6.07) is 0. The smallest absolute Gasteiger partial charge is 0.203 e. The normalized spacial score (nSPS) is 9.56. The molecule has 0 aliphatic rings. The van der Waals surface area contributed by atoms with Crippen LogP contribution in [0.4, 0.5) is 5.13 Å². The Hall–Kier alpha value is -2.07. The minimum absolute atomic E-state index is 0.465. The van der Waals surface area contributed by atoms with Crippen molar-refractivity contribution < 1.29 is 4.79 Å². The van der Waals surface area contributed by atoms with Gasteiger partial charge in [0.1, 0.15) is 25.0 Å². The van der Waals surface area contributed by atoms with Gasteiger partial charge in [-0.05, 0) is 47.7 Å². The van der Waals surface area contributed by atoms with Gasteiger partial charge in [-0.15, -0.1) is 40.8 Å². The van der Waals surface area contributed by atoms with Crippen molar-refractivity contribution in [1.82, 2.24) is 40.8 Å². The van der Waals surface area contributed by atoms with E-state index < -0.39 is 0 Å². The van der Waals surface area contributed by atoms with E-state index in [0.29, 0.717) is 10.1 Å². The molecule has 4 aromatic rings. The summed E-state index contributed by atoms with van der Waals surface area (Å²) in [4.78, 5) is 10.0. The highest BCUT2D eigenvalue weighted by atomic mass is 79.9. The number of nitrogens with two attached hydrogens (primary N) is 1. The molecule has 15 heteroatoms. The predicted octanol–water partition coefficient (Wildman–Crippen LogP) is 5.20. The Morgan fingerprint density at radius 1 is 0.706 bits per heavy atom.